The number of H-pyrrole nitrogens is 1. The first-order valence-corrected chi connectivity index (χ1v) is 9.22. The van der Waals surface area contributed by atoms with Crippen LogP contribution in [0.3, 0.4) is 0 Å². The van der Waals surface area contributed by atoms with Crippen LogP contribution < -0.4 is 15.0 Å². The number of methoxy groups -OCH3 is 1. The van der Waals surface area contributed by atoms with Crippen molar-refractivity contribution >= 4 is 20.9 Å². The van der Waals surface area contributed by atoms with Crippen molar-refractivity contribution in [3.8, 4) is 5.75 Å². The standard InChI is InChI=1S/C18H18N2O4S/c1-24-15-6-8-16(9-7-15)25(22,23)19-11-10-14-12-13-4-2-3-5-17(13)20-18(14)21/h2-9,12,19H,10-11H2,1H3,(H,20,21). The number of sulfonamides is 1. The van der Waals surface area contributed by atoms with E-state index in [-0.39, 0.29) is 17.0 Å². The summed E-state index contributed by atoms with van der Waals surface area (Å²) >= 11 is 0. The number of hydrogen-bond donors (Lipinski definition) is 2. The van der Waals surface area contributed by atoms with Gasteiger partial charge in [0.2, 0.25) is 10.0 Å². The monoisotopic (exact) mass is 358 g/mol. The Morgan fingerprint density at radius 2 is 1.80 bits per heavy atom. The number of ether oxygens (including phenoxy) is 1. The van der Waals surface area contributed by atoms with Crippen LogP contribution in [0.4, 0.5) is 0 Å². The molecule has 3 aromatic rings. The Balaban J connectivity index is 1.71. The molecular weight excluding hydrogens is 340 g/mol. The molecule has 25 heavy (non-hydrogen) atoms. The van der Waals surface area contributed by atoms with Crippen molar-refractivity contribution in [1.82, 2.24) is 9.71 Å². The van der Waals surface area contributed by atoms with E-state index < -0.39 is 10.0 Å². The highest BCUT2D eigenvalue weighted by atomic mass is 32.2. The molecule has 0 aliphatic heterocycles. The van der Waals surface area contributed by atoms with Gasteiger partial charge in [-0.15, -0.1) is 0 Å². The van der Waals surface area contributed by atoms with Crippen molar-refractivity contribution in [3.63, 3.8) is 0 Å². The Bertz CT molecular complexity index is 1040. The van der Waals surface area contributed by atoms with Gasteiger partial charge in [-0.1, -0.05) is 18.2 Å². The van der Waals surface area contributed by atoms with Crippen molar-refractivity contribution in [3.05, 3.63) is 70.5 Å². The molecule has 1 aromatic heterocycles. The maximum Gasteiger partial charge on any atom is 0.251 e. The Kier molecular flexibility index (Phi) is 4.87. The molecule has 0 amide bonds. The van der Waals surface area contributed by atoms with Gasteiger partial charge in [0.05, 0.1) is 12.0 Å². The van der Waals surface area contributed by atoms with Gasteiger partial charge in [-0.3, -0.25) is 4.79 Å². The first kappa shape index (κ1) is 17.2. The van der Waals surface area contributed by atoms with E-state index in [1.807, 2.05) is 24.3 Å². The molecule has 0 radical (unpaired) electrons. The number of hydrogen-bond acceptors (Lipinski definition) is 4. The van der Waals surface area contributed by atoms with Crippen LogP contribution in [-0.4, -0.2) is 27.1 Å². The topological polar surface area (TPSA) is 88.3 Å². The summed E-state index contributed by atoms with van der Waals surface area (Å²) in [4.78, 5) is 15.0. The fourth-order valence-corrected chi connectivity index (χ4v) is 3.57. The molecule has 0 fully saturated rings. The number of aromatic amines is 1. The van der Waals surface area contributed by atoms with E-state index in [9.17, 15) is 13.2 Å². The molecule has 7 heteroatoms. The quantitative estimate of drug-likeness (QED) is 0.706. The van der Waals surface area contributed by atoms with E-state index in [0.29, 0.717) is 17.7 Å². The highest BCUT2D eigenvalue weighted by Crippen LogP contribution is 2.15. The fraction of sp³-hybridized carbons (Fsp3) is 0.167. The van der Waals surface area contributed by atoms with Crippen molar-refractivity contribution in [2.24, 2.45) is 0 Å². The predicted octanol–water partition coefficient (Wildman–Crippen LogP) is 2.06. The number of nitrogens with one attached hydrogen (secondary N) is 2. The normalized spacial score (nSPS) is 11.6. The van der Waals surface area contributed by atoms with Crippen LogP contribution in [0.15, 0.2) is 64.3 Å². The smallest absolute Gasteiger partial charge is 0.251 e. The Hall–Kier alpha value is -2.64. The summed E-state index contributed by atoms with van der Waals surface area (Å²) in [5, 5.41) is 0.912. The second-order valence-electron chi connectivity index (χ2n) is 5.53. The summed E-state index contributed by atoms with van der Waals surface area (Å²) < 4.78 is 32.1. The van der Waals surface area contributed by atoms with E-state index in [1.165, 1.54) is 19.2 Å². The number of pyridine rings is 1. The summed E-state index contributed by atoms with van der Waals surface area (Å²) in [6, 6.07) is 15.4. The van der Waals surface area contributed by atoms with Gasteiger partial charge >= 0.3 is 0 Å². The largest absolute Gasteiger partial charge is 0.497 e. The van der Waals surface area contributed by atoms with Crippen LogP contribution in [0.5, 0.6) is 5.75 Å². The van der Waals surface area contributed by atoms with Crippen molar-refractivity contribution < 1.29 is 13.2 Å². The van der Waals surface area contributed by atoms with Crippen LogP contribution in [0.2, 0.25) is 0 Å². The molecule has 0 unspecified atom stereocenters. The van der Waals surface area contributed by atoms with E-state index in [4.69, 9.17) is 4.74 Å². The molecule has 0 aliphatic rings. The molecule has 6 nitrogen and oxygen atoms in total. The number of rotatable bonds is 6. The second kappa shape index (κ2) is 7.08. The van der Waals surface area contributed by atoms with Crippen molar-refractivity contribution in [2.75, 3.05) is 13.7 Å². The Labute approximate surface area is 145 Å². The number of para-hydroxylation sites is 1. The van der Waals surface area contributed by atoms with Gasteiger partial charge in [0.25, 0.3) is 5.56 Å². The van der Waals surface area contributed by atoms with Crippen molar-refractivity contribution in [1.29, 1.82) is 0 Å². The SMILES string of the molecule is COc1ccc(S(=O)(=O)NCCc2cc3ccccc3[nH]c2=O)cc1. The van der Waals surface area contributed by atoms with Crippen LogP contribution >= 0.6 is 0 Å². The molecule has 0 saturated carbocycles. The zero-order valence-corrected chi connectivity index (χ0v) is 14.5. The maximum absolute atomic E-state index is 12.3. The number of aromatic nitrogens is 1. The van der Waals surface area contributed by atoms with Gasteiger partial charge in [-0.2, -0.15) is 0 Å². The third-order valence-electron chi connectivity index (χ3n) is 3.89. The predicted molar refractivity (Wildman–Crippen MR) is 96.5 cm³/mol. The summed E-state index contributed by atoms with van der Waals surface area (Å²) in [7, 11) is -2.11. The maximum atomic E-state index is 12.3. The van der Waals surface area contributed by atoms with Gasteiger partial charge in [0, 0.05) is 17.6 Å². The zero-order chi connectivity index (χ0) is 17.9. The molecule has 130 valence electrons. The van der Waals surface area contributed by atoms with Gasteiger partial charge < -0.3 is 9.72 Å². The van der Waals surface area contributed by atoms with E-state index in [0.717, 1.165) is 10.9 Å². The van der Waals surface area contributed by atoms with Crippen molar-refractivity contribution in [2.45, 2.75) is 11.3 Å². The second-order valence-corrected chi connectivity index (χ2v) is 7.30. The van der Waals surface area contributed by atoms with E-state index >= 15 is 0 Å². The highest BCUT2D eigenvalue weighted by molar-refractivity contribution is 7.89. The third kappa shape index (κ3) is 3.89. The molecule has 0 spiro atoms. The van der Waals surface area contributed by atoms with Gasteiger partial charge in [-0.05, 0) is 48.2 Å². The lowest BCUT2D eigenvalue weighted by atomic mass is 10.1. The first-order chi connectivity index (χ1) is 12.0. The molecule has 0 bridgehead atoms. The minimum atomic E-state index is -3.63. The summed E-state index contributed by atoms with van der Waals surface area (Å²) in [5.74, 6) is 0.585. The molecule has 0 saturated heterocycles. The Morgan fingerprint density at radius 3 is 2.52 bits per heavy atom. The van der Waals surface area contributed by atoms with Gasteiger partial charge in [0.1, 0.15) is 5.75 Å². The van der Waals surface area contributed by atoms with Crippen LogP contribution in [0, 0.1) is 0 Å². The summed E-state index contributed by atoms with van der Waals surface area (Å²) in [6.07, 6.45) is 0.301. The fourth-order valence-electron chi connectivity index (χ4n) is 2.54. The lowest BCUT2D eigenvalue weighted by molar-refractivity contribution is 0.414. The minimum Gasteiger partial charge on any atom is -0.497 e. The molecule has 0 aliphatic carbocycles. The average Bonchev–Trinajstić information content (AvgIpc) is 2.62. The third-order valence-corrected chi connectivity index (χ3v) is 5.36. The van der Waals surface area contributed by atoms with Gasteiger partial charge in [-0.25, -0.2) is 13.1 Å². The molecule has 2 N–H and O–H groups in total. The molecule has 0 atom stereocenters. The van der Waals surface area contributed by atoms with Crippen LogP contribution in [0.1, 0.15) is 5.56 Å². The molecule has 1 heterocycles. The van der Waals surface area contributed by atoms with Crippen LogP contribution in [-0.2, 0) is 16.4 Å². The molecular formula is C18H18N2O4S. The zero-order valence-electron chi connectivity index (χ0n) is 13.7. The van der Waals surface area contributed by atoms with Gasteiger partial charge in [0.15, 0.2) is 0 Å². The number of benzene rings is 2. The summed E-state index contributed by atoms with van der Waals surface area (Å²) in [5.41, 5.74) is 1.09. The summed E-state index contributed by atoms with van der Waals surface area (Å²) in [6.45, 7) is 0.135. The number of fused-ring (bicyclic) bond motifs is 1. The molecule has 2 aromatic carbocycles. The average molecular weight is 358 g/mol. The highest BCUT2D eigenvalue weighted by Gasteiger charge is 2.14. The first-order valence-electron chi connectivity index (χ1n) is 7.74. The van der Waals surface area contributed by atoms with E-state index in [1.54, 1.807) is 18.2 Å². The Morgan fingerprint density at radius 1 is 1.08 bits per heavy atom. The van der Waals surface area contributed by atoms with E-state index in [2.05, 4.69) is 9.71 Å². The lowest BCUT2D eigenvalue weighted by Crippen LogP contribution is -2.27. The minimum absolute atomic E-state index is 0.135. The lowest BCUT2D eigenvalue weighted by Gasteiger charge is -2.08. The molecule has 3 rings (SSSR count). The van der Waals surface area contributed by atoms with Crippen LogP contribution in [0.25, 0.3) is 10.9 Å².